The summed E-state index contributed by atoms with van der Waals surface area (Å²) in [6, 6.07) is 16.4. The Hall–Kier alpha value is -3.67. The molecule has 0 radical (unpaired) electrons. The van der Waals surface area contributed by atoms with Gasteiger partial charge >= 0.3 is 5.97 Å². The highest BCUT2D eigenvalue weighted by Crippen LogP contribution is 2.24. The number of ether oxygens (including phenoxy) is 1. The van der Waals surface area contributed by atoms with E-state index in [0.717, 1.165) is 42.8 Å². The number of anilines is 1. The van der Waals surface area contributed by atoms with Crippen molar-refractivity contribution in [3.05, 3.63) is 86.8 Å². The SMILES string of the molecule is COC(=O)c1ccccc1-n1ncc(N2CCCN(Cc3ccc(C#N)cc3)CC2)c(Cl)c1=O. The highest BCUT2D eigenvalue weighted by atomic mass is 35.5. The lowest BCUT2D eigenvalue weighted by Crippen LogP contribution is -2.33. The van der Waals surface area contributed by atoms with Crippen molar-refractivity contribution >= 4 is 23.3 Å². The van der Waals surface area contributed by atoms with Gasteiger partial charge in [-0.1, -0.05) is 35.9 Å². The largest absolute Gasteiger partial charge is 0.465 e. The van der Waals surface area contributed by atoms with Gasteiger partial charge < -0.3 is 9.64 Å². The van der Waals surface area contributed by atoms with Crippen LogP contribution in [0.3, 0.4) is 0 Å². The molecule has 9 heteroatoms. The zero-order valence-electron chi connectivity index (χ0n) is 18.8. The molecular formula is C25H24ClN5O3. The minimum Gasteiger partial charge on any atom is -0.465 e. The zero-order valence-corrected chi connectivity index (χ0v) is 19.5. The van der Waals surface area contributed by atoms with Gasteiger partial charge in [0.15, 0.2) is 0 Å². The van der Waals surface area contributed by atoms with Crippen LogP contribution in [0.5, 0.6) is 0 Å². The second kappa shape index (κ2) is 10.5. The summed E-state index contributed by atoms with van der Waals surface area (Å²) in [6.45, 7) is 3.93. The van der Waals surface area contributed by atoms with E-state index in [0.29, 0.717) is 23.5 Å². The molecule has 1 fully saturated rings. The summed E-state index contributed by atoms with van der Waals surface area (Å²) < 4.78 is 5.96. The summed E-state index contributed by atoms with van der Waals surface area (Å²) in [5, 5.41) is 13.4. The summed E-state index contributed by atoms with van der Waals surface area (Å²) in [4.78, 5) is 29.6. The Morgan fingerprint density at radius 2 is 1.85 bits per heavy atom. The predicted molar refractivity (Wildman–Crippen MR) is 129 cm³/mol. The maximum Gasteiger partial charge on any atom is 0.340 e. The molecule has 1 aliphatic rings. The minimum absolute atomic E-state index is 0.0650. The lowest BCUT2D eigenvalue weighted by Gasteiger charge is -2.24. The van der Waals surface area contributed by atoms with Crippen molar-refractivity contribution in [2.45, 2.75) is 13.0 Å². The monoisotopic (exact) mass is 477 g/mol. The van der Waals surface area contributed by atoms with Crippen LogP contribution in [0.25, 0.3) is 5.69 Å². The number of hydrogen-bond acceptors (Lipinski definition) is 7. The van der Waals surface area contributed by atoms with Gasteiger partial charge in [0.05, 0.1) is 41.9 Å². The van der Waals surface area contributed by atoms with Gasteiger partial charge in [-0.25, -0.2) is 4.79 Å². The Balaban J connectivity index is 1.52. The fraction of sp³-hybridized carbons (Fsp3) is 0.280. The van der Waals surface area contributed by atoms with Crippen molar-refractivity contribution in [3.63, 3.8) is 0 Å². The molecule has 8 nitrogen and oxygen atoms in total. The maximum absolute atomic E-state index is 13.1. The van der Waals surface area contributed by atoms with E-state index in [1.807, 2.05) is 24.3 Å². The van der Waals surface area contributed by atoms with E-state index in [9.17, 15) is 9.59 Å². The molecule has 0 amide bonds. The van der Waals surface area contributed by atoms with E-state index < -0.39 is 11.5 Å². The molecule has 3 aromatic rings. The molecule has 0 saturated carbocycles. The first kappa shape index (κ1) is 23.5. The molecule has 34 heavy (non-hydrogen) atoms. The Bertz CT molecular complexity index is 1280. The lowest BCUT2D eigenvalue weighted by atomic mass is 10.1. The number of nitriles is 1. The van der Waals surface area contributed by atoms with Crippen molar-refractivity contribution in [3.8, 4) is 11.8 Å². The standard InChI is InChI=1S/C25H24ClN5O3/c1-34-25(33)20-5-2-3-6-21(20)31-24(32)23(26)22(16-28-31)30-12-4-11-29(13-14-30)17-19-9-7-18(15-27)8-10-19/h2-3,5-10,16H,4,11-14,17H2,1H3. The van der Waals surface area contributed by atoms with Crippen LogP contribution in [0.4, 0.5) is 5.69 Å². The van der Waals surface area contributed by atoms with Crippen molar-refractivity contribution in [1.82, 2.24) is 14.7 Å². The highest BCUT2D eigenvalue weighted by Gasteiger charge is 2.22. The highest BCUT2D eigenvalue weighted by molar-refractivity contribution is 6.33. The molecule has 1 aliphatic heterocycles. The van der Waals surface area contributed by atoms with Gasteiger partial charge in [0.1, 0.15) is 5.02 Å². The fourth-order valence-electron chi connectivity index (χ4n) is 4.07. The smallest absolute Gasteiger partial charge is 0.340 e. The number of benzene rings is 2. The van der Waals surface area contributed by atoms with Crippen LogP contribution in [0.1, 0.15) is 27.9 Å². The molecule has 1 aromatic heterocycles. The van der Waals surface area contributed by atoms with E-state index in [1.165, 1.54) is 7.11 Å². The summed E-state index contributed by atoms with van der Waals surface area (Å²) in [5.74, 6) is -0.556. The van der Waals surface area contributed by atoms with Gasteiger partial charge in [-0.3, -0.25) is 9.69 Å². The van der Waals surface area contributed by atoms with E-state index in [-0.39, 0.29) is 10.6 Å². The van der Waals surface area contributed by atoms with E-state index >= 15 is 0 Å². The number of carbonyl (C=O) groups excluding carboxylic acids is 1. The summed E-state index contributed by atoms with van der Waals surface area (Å²) >= 11 is 6.52. The van der Waals surface area contributed by atoms with E-state index in [2.05, 4.69) is 21.0 Å². The molecule has 174 valence electrons. The molecule has 2 aromatic carbocycles. The number of esters is 1. The Morgan fingerprint density at radius 3 is 2.59 bits per heavy atom. The van der Waals surface area contributed by atoms with Crippen molar-refractivity contribution < 1.29 is 9.53 Å². The van der Waals surface area contributed by atoms with E-state index in [4.69, 9.17) is 21.6 Å². The summed E-state index contributed by atoms with van der Waals surface area (Å²) in [7, 11) is 1.29. The fourth-order valence-corrected chi connectivity index (χ4v) is 4.32. The lowest BCUT2D eigenvalue weighted by molar-refractivity contribution is 0.0600. The van der Waals surface area contributed by atoms with Crippen LogP contribution in [-0.2, 0) is 11.3 Å². The zero-order chi connectivity index (χ0) is 24.1. The second-order valence-electron chi connectivity index (χ2n) is 7.99. The molecule has 4 rings (SSSR count). The van der Waals surface area contributed by atoms with Crippen LogP contribution in [-0.4, -0.2) is 53.9 Å². The van der Waals surface area contributed by atoms with Gasteiger partial charge in [-0.05, 0) is 36.2 Å². The Kier molecular flexibility index (Phi) is 7.26. The predicted octanol–water partition coefficient (Wildman–Crippen LogP) is 3.26. The van der Waals surface area contributed by atoms with E-state index in [1.54, 1.807) is 30.5 Å². The van der Waals surface area contributed by atoms with Gasteiger partial charge in [-0.2, -0.15) is 15.0 Å². The Labute approximate surface area is 202 Å². The van der Waals surface area contributed by atoms with Crippen LogP contribution >= 0.6 is 11.6 Å². The van der Waals surface area contributed by atoms with Crippen molar-refractivity contribution in [2.75, 3.05) is 38.2 Å². The first-order valence-corrected chi connectivity index (χ1v) is 11.3. The first-order valence-electron chi connectivity index (χ1n) is 10.9. The van der Waals surface area contributed by atoms with Gasteiger partial charge in [0.25, 0.3) is 5.56 Å². The van der Waals surface area contributed by atoms with Crippen LogP contribution in [0.15, 0.2) is 59.5 Å². The number of nitrogens with zero attached hydrogens (tertiary/aromatic N) is 5. The number of rotatable bonds is 5. The molecule has 0 atom stereocenters. The van der Waals surface area contributed by atoms with Crippen LogP contribution in [0, 0.1) is 11.3 Å². The maximum atomic E-state index is 13.1. The van der Waals surface area contributed by atoms with Crippen LogP contribution in [0.2, 0.25) is 5.02 Å². The minimum atomic E-state index is -0.556. The molecule has 1 saturated heterocycles. The normalized spacial score (nSPS) is 14.3. The summed E-state index contributed by atoms with van der Waals surface area (Å²) in [5.41, 5.74) is 2.44. The average molecular weight is 478 g/mol. The van der Waals surface area contributed by atoms with Gasteiger partial charge in [-0.15, -0.1) is 0 Å². The molecule has 0 aliphatic carbocycles. The average Bonchev–Trinajstić information content (AvgIpc) is 3.11. The quantitative estimate of drug-likeness (QED) is 0.521. The third-order valence-electron chi connectivity index (χ3n) is 5.86. The van der Waals surface area contributed by atoms with Gasteiger partial charge in [0.2, 0.25) is 0 Å². The molecular weight excluding hydrogens is 454 g/mol. The summed E-state index contributed by atoms with van der Waals surface area (Å²) in [6.07, 6.45) is 2.48. The first-order chi connectivity index (χ1) is 16.5. The molecule has 0 bridgehead atoms. The third-order valence-corrected chi connectivity index (χ3v) is 6.21. The molecule has 0 unspecified atom stereocenters. The number of aromatic nitrogens is 2. The topological polar surface area (TPSA) is 91.5 Å². The number of methoxy groups -OCH3 is 1. The van der Waals surface area contributed by atoms with Crippen molar-refractivity contribution in [2.24, 2.45) is 0 Å². The number of halogens is 1. The molecule has 0 spiro atoms. The van der Waals surface area contributed by atoms with Gasteiger partial charge in [0, 0.05) is 32.7 Å². The number of para-hydroxylation sites is 1. The molecule has 2 heterocycles. The number of hydrogen-bond donors (Lipinski definition) is 0. The third kappa shape index (κ3) is 4.96. The van der Waals surface area contributed by atoms with Crippen LogP contribution < -0.4 is 10.5 Å². The van der Waals surface area contributed by atoms with Crippen molar-refractivity contribution in [1.29, 1.82) is 5.26 Å². The second-order valence-corrected chi connectivity index (χ2v) is 8.37. The Morgan fingerprint density at radius 1 is 1.09 bits per heavy atom. The molecule has 0 N–H and O–H groups in total. The number of carbonyl (C=O) groups is 1.